The molecule has 8 nitrogen and oxygen atoms in total. The Bertz CT molecular complexity index is 1090. The summed E-state index contributed by atoms with van der Waals surface area (Å²) in [4.78, 5) is 11.1. The van der Waals surface area contributed by atoms with Crippen LogP contribution in [0.1, 0.15) is 11.6 Å². The van der Waals surface area contributed by atoms with Crippen molar-refractivity contribution in [3.8, 4) is 22.8 Å². The first kappa shape index (κ1) is 15.7. The van der Waals surface area contributed by atoms with E-state index < -0.39 is 0 Å². The van der Waals surface area contributed by atoms with E-state index in [4.69, 9.17) is 4.52 Å². The Morgan fingerprint density at radius 3 is 2.70 bits per heavy atom. The lowest BCUT2D eigenvalue weighted by molar-refractivity contribution is 0.425. The number of pyridine rings is 1. The monoisotopic (exact) mass is 359 g/mol. The van der Waals surface area contributed by atoms with Crippen LogP contribution in [0.2, 0.25) is 0 Å². The van der Waals surface area contributed by atoms with Gasteiger partial charge < -0.3 is 14.0 Å². The molecule has 0 fully saturated rings. The molecule has 0 aliphatic carbocycles. The fourth-order valence-electron chi connectivity index (χ4n) is 3.36. The first-order valence-corrected chi connectivity index (χ1v) is 8.78. The predicted octanol–water partition coefficient (Wildman–Crippen LogP) is 2.72. The van der Waals surface area contributed by atoms with Crippen molar-refractivity contribution in [2.24, 2.45) is 0 Å². The minimum atomic E-state index is 0.479. The number of benzene rings is 1. The molecule has 0 N–H and O–H groups in total. The molecule has 0 bridgehead atoms. The smallest absolute Gasteiger partial charge is 0.261 e. The summed E-state index contributed by atoms with van der Waals surface area (Å²) in [6.07, 6.45) is 1.77. The van der Waals surface area contributed by atoms with Gasteiger partial charge in [0.25, 0.3) is 5.89 Å². The van der Waals surface area contributed by atoms with E-state index in [-0.39, 0.29) is 0 Å². The molecule has 1 aliphatic heterocycles. The Labute approximate surface area is 155 Å². The molecule has 3 aromatic heterocycles. The average Bonchev–Trinajstić information content (AvgIpc) is 3.34. The summed E-state index contributed by atoms with van der Waals surface area (Å²) in [6.45, 7) is 4.00. The van der Waals surface area contributed by atoms with Gasteiger partial charge in [0, 0.05) is 24.8 Å². The first-order chi connectivity index (χ1) is 13.3. The third-order valence-electron chi connectivity index (χ3n) is 4.63. The molecule has 27 heavy (non-hydrogen) atoms. The highest BCUT2D eigenvalue weighted by atomic mass is 16.5. The number of nitrogens with zero attached hydrogens (tertiary/aromatic N) is 7. The Hall–Kier alpha value is -3.55. The van der Waals surface area contributed by atoms with E-state index in [1.807, 2.05) is 30.3 Å². The van der Waals surface area contributed by atoms with Gasteiger partial charge in [0.15, 0.2) is 17.5 Å². The van der Waals surface area contributed by atoms with Crippen molar-refractivity contribution in [2.75, 3.05) is 11.4 Å². The van der Waals surface area contributed by atoms with Crippen LogP contribution in [0.25, 0.3) is 22.8 Å². The van der Waals surface area contributed by atoms with Crippen molar-refractivity contribution in [3.63, 3.8) is 0 Å². The molecule has 0 radical (unpaired) electrons. The summed E-state index contributed by atoms with van der Waals surface area (Å²) in [5, 5.41) is 12.7. The van der Waals surface area contributed by atoms with Gasteiger partial charge >= 0.3 is 0 Å². The maximum Gasteiger partial charge on any atom is 0.261 e. The molecule has 4 heterocycles. The lowest BCUT2D eigenvalue weighted by atomic mass is 10.2. The van der Waals surface area contributed by atoms with Crippen LogP contribution in [0.5, 0.6) is 0 Å². The summed E-state index contributed by atoms with van der Waals surface area (Å²) < 4.78 is 7.52. The molecular formula is C19H17N7O. The quantitative estimate of drug-likeness (QED) is 0.556. The molecular weight excluding hydrogens is 342 g/mol. The van der Waals surface area contributed by atoms with Gasteiger partial charge in [0.05, 0.1) is 12.1 Å². The second-order valence-electron chi connectivity index (χ2n) is 6.40. The lowest BCUT2D eigenvalue weighted by Gasteiger charge is -2.29. The summed E-state index contributed by atoms with van der Waals surface area (Å²) >= 11 is 0. The predicted molar refractivity (Wildman–Crippen MR) is 98.8 cm³/mol. The Morgan fingerprint density at radius 2 is 1.89 bits per heavy atom. The van der Waals surface area contributed by atoms with Crippen molar-refractivity contribution < 1.29 is 4.52 Å². The van der Waals surface area contributed by atoms with Gasteiger partial charge in [-0.25, -0.2) is 4.98 Å². The molecule has 5 rings (SSSR count). The van der Waals surface area contributed by atoms with Gasteiger partial charge in [-0.3, -0.25) is 0 Å². The fourth-order valence-corrected chi connectivity index (χ4v) is 3.36. The summed E-state index contributed by atoms with van der Waals surface area (Å²) in [6, 6.07) is 14.0. The zero-order chi connectivity index (χ0) is 18.2. The summed E-state index contributed by atoms with van der Waals surface area (Å²) in [5.41, 5.74) is 1.90. The van der Waals surface area contributed by atoms with Crippen LogP contribution in [0.4, 0.5) is 5.82 Å². The Kier molecular flexibility index (Phi) is 3.67. The minimum absolute atomic E-state index is 0.479. The van der Waals surface area contributed by atoms with Crippen LogP contribution in [0.15, 0.2) is 53.2 Å². The standard InChI is InChI=1S/C19H17N7O/c1-13-21-19(27-24-13)15-8-5-9-20-18(15)25-10-11-26-16(12-25)22-23-17(26)14-6-3-2-4-7-14/h2-9H,10-12H2,1H3. The maximum absolute atomic E-state index is 5.35. The minimum Gasteiger partial charge on any atom is -0.347 e. The van der Waals surface area contributed by atoms with E-state index >= 15 is 0 Å². The van der Waals surface area contributed by atoms with E-state index in [1.54, 1.807) is 13.1 Å². The highest BCUT2D eigenvalue weighted by Gasteiger charge is 2.25. The second kappa shape index (κ2) is 6.31. The molecule has 0 atom stereocenters. The molecule has 0 spiro atoms. The molecule has 0 amide bonds. The van der Waals surface area contributed by atoms with E-state index in [0.717, 1.165) is 41.7 Å². The molecule has 1 aliphatic rings. The zero-order valence-electron chi connectivity index (χ0n) is 14.8. The van der Waals surface area contributed by atoms with Gasteiger partial charge in [-0.1, -0.05) is 35.5 Å². The molecule has 8 heteroatoms. The summed E-state index contributed by atoms with van der Waals surface area (Å²) in [7, 11) is 0. The van der Waals surface area contributed by atoms with Crippen LogP contribution in [-0.4, -0.2) is 36.4 Å². The number of aryl methyl sites for hydroxylation is 1. The number of anilines is 1. The highest BCUT2D eigenvalue weighted by molar-refractivity contribution is 5.70. The van der Waals surface area contributed by atoms with Gasteiger partial charge in [-0.2, -0.15) is 4.98 Å². The Balaban J connectivity index is 1.48. The normalized spacial score (nSPS) is 13.6. The van der Waals surface area contributed by atoms with Gasteiger partial charge in [-0.05, 0) is 19.1 Å². The fraction of sp³-hybridized carbons (Fsp3) is 0.211. The van der Waals surface area contributed by atoms with Gasteiger partial charge in [0.2, 0.25) is 0 Å². The topological polar surface area (TPSA) is 85.8 Å². The van der Waals surface area contributed by atoms with Crippen molar-refractivity contribution in [1.29, 1.82) is 0 Å². The zero-order valence-corrected chi connectivity index (χ0v) is 14.8. The third kappa shape index (κ3) is 2.75. The van der Waals surface area contributed by atoms with E-state index in [2.05, 4.69) is 46.9 Å². The van der Waals surface area contributed by atoms with Gasteiger partial charge in [0.1, 0.15) is 5.82 Å². The maximum atomic E-state index is 5.35. The van der Waals surface area contributed by atoms with E-state index in [9.17, 15) is 0 Å². The van der Waals surface area contributed by atoms with Crippen molar-refractivity contribution in [1.82, 2.24) is 29.9 Å². The van der Waals surface area contributed by atoms with Crippen LogP contribution in [-0.2, 0) is 13.1 Å². The van der Waals surface area contributed by atoms with Crippen molar-refractivity contribution in [3.05, 3.63) is 60.3 Å². The number of rotatable bonds is 3. The lowest BCUT2D eigenvalue weighted by Crippen LogP contribution is -2.35. The molecule has 134 valence electrons. The van der Waals surface area contributed by atoms with Crippen LogP contribution in [0.3, 0.4) is 0 Å². The van der Waals surface area contributed by atoms with Gasteiger partial charge in [-0.15, -0.1) is 10.2 Å². The van der Waals surface area contributed by atoms with Crippen LogP contribution < -0.4 is 4.90 Å². The van der Waals surface area contributed by atoms with Crippen molar-refractivity contribution in [2.45, 2.75) is 20.0 Å². The molecule has 4 aromatic rings. The molecule has 0 unspecified atom stereocenters. The molecule has 1 aromatic carbocycles. The largest absolute Gasteiger partial charge is 0.347 e. The van der Waals surface area contributed by atoms with Crippen LogP contribution >= 0.6 is 0 Å². The number of fused-ring (bicyclic) bond motifs is 1. The third-order valence-corrected chi connectivity index (χ3v) is 4.63. The van der Waals surface area contributed by atoms with Crippen LogP contribution in [0, 0.1) is 6.92 Å². The molecule has 0 saturated heterocycles. The second-order valence-corrected chi connectivity index (χ2v) is 6.40. The Morgan fingerprint density at radius 1 is 1.00 bits per heavy atom. The highest BCUT2D eigenvalue weighted by Crippen LogP contribution is 2.30. The number of aromatic nitrogens is 6. The average molecular weight is 359 g/mol. The number of hydrogen-bond acceptors (Lipinski definition) is 7. The van der Waals surface area contributed by atoms with E-state index in [0.29, 0.717) is 18.3 Å². The molecule has 0 saturated carbocycles. The first-order valence-electron chi connectivity index (χ1n) is 8.78. The van der Waals surface area contributed by atoms with Crippen molar-refractivity contribution >= 4 is 5.82 Å². The number of hydrogen-bond donors (Lipinski definition) is 0. The summed E-state index contributed by atoms with van der Waals surface area (Å²) in [5.74, 6) is 3.72. The van der Waals surface area contributed by atoms with E-state index in [1.165, 1.54) is 0 Å². The SMILES string of the molecule is Cc1noc(-c2cccnc2N2CCn3c(nnc3-c3ccccc3)C2)n1.